The number of furan rings is 1. The molecular formula is C29H30ClN3O2. The van der Waals surface area contributed by atoms with E-state index in [1.807, 2.05) is 42.4 Å². The van der Waals surface area contributed by atoms with Crippen molar-refractivity contribution in [2.75, 3.05) is 20.1 Å². The third kappa shape index (κ3) is 5.26. The van der Waals surface area contributed by atoms with Gasteiger partial charge in [-0.2, -0.15) is 0 Å². The van der Waals surface area contributed by atoms with Gasteiger partial charge in [-0.05, 0) is 79.7 Å². The molecule has 35 heavy (non-hydrogen) atoms. The Morgan fingerprint density at radius 3 is 2.63 bits per heavy atom. The number of carbonyl (C=O) groups excluding carboxylic acids is 1. The number of likely N-dealkylation sites (N-methyl/N-ethyl adjacent to an activating group) is 1. The quantitative estimate of drug-likeness (QED) is 0.317. The number of amides is 1. The van der Waals surface area contributed by atoms with E-state index in [0.29, 0.717) is 11.7 Å². The van der Waals surface area contributed by atoms with E-state index in [-0.39, 0.29) is 11.9 Å². The van der Waals surface area contributed by atoms with Crippen LogP contribution in [0.25, 0.3) is 10.9 Å². The van der Waals surface area contributed by atoms with Crippen molar-refractivity contribution in [3.05, 3.63) is 101 Å². The van der Waals surface area contributed by atoms with Crippen molar-refractivity contribution in [3.63, 3.8) is 0 Å². The average molecular weight is 488 g/mol. The van der Waals surface area contributed by atoms with Crippen LogP contribution in [-0.2, 0) is 13.0 Å². The molecule has 5 rings (SSSR count). The Morgan fingerprint density at radius 1 is 1.06 bits per heavy atom. The smallest absolute Gasteiger partial charge is 0.289 e. The Hall–Kier alpha value is -3.15. The van der Waals surface area contributed by atoms with Crippen molar-refractivity contribution < 1.29 is 9.21 Å². The van der Waals surface area contributed by atoms with E-state index in [1.54, 1.807) is 18.4 Å². The number of piperidine rings is 1. The summed E-state index contributed by atoms with van der Waals surface area (Å²) in [4.78, 5) is 22.1. The van der Waals surface area contributed by atoms with Crippen molar-refractivity contribution in [2.24, 2.45) is 5.92 Å². The Kier molecular flexibility index (Phi) is 7.16. The number of aromatic nitrogens is 1. The van der Waals surface area contributed by atoms with Gasteiger partial charge in [0.25, 0.3) is 5.91 Å². The molecule has 0 unspecified atom stereocenters. The third-order valence-electron chi connectivity index (χ3n) is 7.24. The lowest BCUT2D eigenvalue weighted by Crippen LogP contribution is -2.47. The minimum atomic E-state index is -0.0854. The summed E-state index contributed by atoms with van der Waals surface area (Å²) in [7, 11) is 1.89. The molecule has 180 valence electrons. The first kappa shape index (κ1) is 23.6. The van der Waals surface area contributed by atoms with Gasteiger partial charge in [-0.15, -0.1) is 0 Å². The molecule has 3 heterocycles. The first-order valence-electron chi connectivity index (χ1n) is 12.2. The minimum absolute atomic E-state index is 0.0383. The van der Waals surface area contributed by atoms with Crippen LogP contribution in [-0.4, -0.2) is 46.9 Å². The SMILES string of the molecule is CN(C(=O)c1ccco1)[C@H](Cc1ccccc1Cl)C1CCN(Cc2cccc3ncccc23)CC1. The predicted octanol–water partition coefficient (Wildman–Crippen LogP) is 6.08. The van der Waals surface area contributed by atoms with Crippen LogP contribution in [0, 0.1) is 5.92 Å². The molecule has 1 aliphatic heterocycles. The van der Waals surface area contributed by atoms with Gasteiger partial charge in [-0.3, -0.25) is 14.7 Å². The molecule has 0 N–H and O–H groups in total. The first-order valence-corrected chi connectivity index (χ1v) is 12.6. The number of benzene rings is 2. The number of hydrogen-bond donors (Lipinski definition) is 0. The van der Waals surface area contributed by atoms with Crippen molar-refractivity contribution >= 4 is 28.4 Å². The lowest BCUT2D eigenvalue weighted by atomic mass is 9.84. The zero-order valence-electron chi connectivity index (χ0n) is 19.9. The number of pyridine rings is 1. The molecule has 5 nitrogen and oxygen atoms in total. The molecule has 0 radical (unpaired) electrons. The Morgan fingerprint density at radius 2 is 1.86 bits per heavy atom. The zero-order chi connectivity index (χ0) is 24.2. The summed E-state index contributed by atoms with van der Waals surface area (Å²) < 4.78 is 5.42. The molecule has 0 saturated carbocycles. The standard InChI is InChI=1S/C29H30ClN3O2/c1-32(29(34)28-12-6-18-35-28)27(19-22-7-2-3-10-25(22)30)21-13-16-33(17-14-21)20-23-8-4-11-26-24(23)9-5-15-31-26/h2-12,15,18,21,27H,13-14,16-17,19-20H2,1H3/t27-/m1/s1. The summed E-state index contributed by atoms with van der Waals surface area (Å²) in [6.07, 6.45) is 6.16. The van der Waals surface area contributed by atoms with Crippen LogP contribution in [0.2, 0.25) is 5.02 Å². The molecule has 6 heteroatoms. The minimum Gasteiger partial charge on any atom is -0.459 e. The summed E-state index contributed by atoms with van der Waals surface area (Å²) in [5.74, 6) is 0.664. The molecule has 1 atom stereocenters. The van der Waals surface area contributed by atoms with Gasteiger partial charge in [0, 0.05) is 36.2 Å². The number of rotatable bonds is 7. The van der Waals surface area contributed by atoms with Gasteiger partial charge in [0.15, 0.2) is 5.76 Å². The van der Waals surface area contributed by atoms with Crippen LogP contribution in [0.4, 0.5) is 0 Å². The lowest BCUT2D eigenvalue weighted by Gasteiger charge is -2.40. The van der Waals surface area contributed by atoms with Crippen LogP contribution in [0.3, 0.4) is 0 Å². The van der Waals surface area contributed by atoms with Crippen LogP contribution >= 0.6 is 11.6 Å². The van der Waals surface area contributed by atoms with Gasteiger partial charge < -0.3 is 9.32 Å². The molecule has 1 saturated heterocycles. The van der Waals surface area contributed by atoms with Crippen molar-refractivity contribution in [1.82, 2.24) is 14.8 Å². The topological polar surface area (TPSA) is 49.6 Å². The highest BCUT2D eigenvalue weighted by molar-refractivity contribution is 6.31. The van der Waals surface area contributed by atoms with Crippen LogP contribution in [0.5, 0.6) is 0 Å². The zero-order valence-corrected chi connectivity index (χ0v) is 20.7. The first-order chi connectivity index (χ1) is 17.1. The Balaban J connectivity index is 1.31. The van der Waals surface area contributed by atoms with Gasteiger partial charge in [-0.1, -0.05) is 48.0 Å². The van der Waals surface area contributed by atoms with E-state index in [4.69, 9.17) is 16.0 Å². The normalized spacial score (nSPS) is 15.8. The van der Waals surface area contributed by atoms with Crippen LogP contribution < -0.4 is 0 Å². The predicted molar refractivity (Wildman–Crippen MR) is 139 cm³/mol. The molecule has 1 fully saturated rings. The maximum atomic E-state index is 13.2. The number of fused-ring (bicyclic) bond motifs is 1. The number of nitrogens with zero attached hydrogens (tertiary/aromatic N) is 3. The fourth-order valence-corrected chi connectivity index (χ4v) is 5.49. The number of halogens is 1. The highest BCUT2D eigenvalue weighted by Crippen LogP contribution is 2.30. The van der Waals surface area contributed by atoms with E-state index in [9.17, 15) is 4.79 Å². The second-order valence-corrected chi connectivity index (χ2v) is 9.76. The van der Waals surface area contributed by atoms with E-state index in [1.165, 1.54) is 10.9 Å². The number of hydrogen-bond acceptors (Lipinski definition) is 4. The fraction of sp³-hybridized carbons (Fsp3) is 0.310. The molecule has 2 aromatic carbocycles. The van der Waals surface area contributed by atoms with Crippen molar-refractivity contribution in [1.29, 1.82) is 0 Å². The fourth-order valence-electron chi connectivity index (χ4n) is 5.28. The Labute approximate surface area is 211 Å². The molecule has 4 aromatic rings. The van der Waals surface area contributed by atoms with Gasteiger partial charge in [-0.25, -0.2) is 0 Å². The van der Waals surface area contributed by atoms with E-state index >= 15 is 0 Å². The summed E-state index contributed by atoms with van der Waals surface area (Å²) >= 11 is 6.52. The van der Waals surface area contributed by atoms with Gasteiger partial charge in [0.2, 0.25) is 0 Å². The van der Waals surface area contributed by atoms with Crippen LogP contribution in [0.15, 0.2) is 83.6 Å². The second-order valence-electron chi connectivity index (χ2n) is 9.36. The second kappa shape index (κ2) is 10.6. The third-order valence-corrected chi connectivity index (χ3v) is 7.61. The van der Waals surface area contributed by atoms with Crippen LogP contribution in [0.1, 0.15) is 34.5 Å². The van der Waals surface area contributed by atoms with Crippen molar-refractivity contribution in [2.45, 2.75) is 31.8 Å². The molecule has 0 bridgehead atoms. The molecule has 0 aliphatic carbocycles. The van der Waals surface area contributed by atoms with Crippen molar-refractivity contribution in [3.8, 4) is 0 Å². The number of carbonyl (C=O) groups is 1. The highest BCUT2D eigenvalue weighted by Gasteiger charge is 2.33. The molecule has 2 aromatic heterocycles. The molecule has 1 amide bonds. The number of likely N-dealkylation sites (tertiary alicyclic amines) is 1. The maximum absolute atomic E-state index is 13.2. The van der Waals surface area contributed by atoms with E-state index in [0.717, 1.165) is 55.0 Å². The molecule has 1 aliphatic rings. The largest absolute Gasteiger partial charge is 0.459 e. The Bertz CT molecular complexity index is 1280. The summed E-state index contributed by atoms with van der Waals surface area (Å²) in [5.41, 5.74) is 3.42. The summed E-state index contributed by atoms with van der Waals surface area (Å²) in [5, 5.41) is 1.97. The highest BCUT2D eigenvalue weighted by atomic mass is 35.5. The summed E-state index contributed by atoms with van der Waals surface area (Å²) in [6, 6.07) is 22.0. The average Bonchev–Trinajstić information content (AvgIpc) is 3.43. The molecular weight excluding hydrogens is 458 g/mol. The van der Waals surface area contributed by atoms with E-state index < -0.39 is 0 Å². The van der Waals surface area contributed by atoms with Gasteiger partial charge in [0.1, 0.15) is 0 Å². The van der Waals surface area contributed by atoms with Gasteiger partial charge in [0.05, 0.1) is 11.8 Å². The van der Waals surface area contributed by atoms with Gasteiger partial charge >= 0.3 is 0 Å². The lowest BCUT2D eigenvalue weighted by molar-refractivity contribution is 0.0556. The maximum Gasteiger partial charge on any atom is 0.289 e. The monoisotopic (exact) mass is 487 g/mol. The molecule has 0 spiro atoms. The van der Waals surface area contributed by atoms with E-state index in [2.05, 4.69) is 40.2 Å². The summed E-state index contributed by atoms with van der Waals surface area (Å²) in [6.45, 7) is 2.89.